The van der Waals surface area contributed by atoms with Gasteiger partial charge in [-0.3, -0.25) is 0 Å². The lowest BCUT2D eigenvalue weighted by atomic mass is 9.96. The molecule has 0 aromatic heterocycles. The fraction of sp³-hybridized carbons (Fsp3) is 0.667. The average Bonchev–Trinajstić information content (AvgIpc) is 2.47. The van der Waals surface area contributed by atoms with Crippen molar-refractivity contribution in [1.82, 2.24) is 5.32 Å². The van der Waals surface area contributed by atoms with E-state index in [1.54, 1.807) is 0 Å². The topological polar surface area (TPSA) is 15.3 Å². The zero-order valence-electron chi connectivity index (χ0n) is 13.5. The Morgan fingerprint density at radius 3 is 2.45 bits per heavy atom. The Morgan fingerprint density at radius 2 is 1.90 bits per heavy atom. The van der Waals surface area contributed by atoms with E-state index in [1.807, 2.05) is 0 Å². The fourth-order valence-electron chi connectivity index (χ4n) is 3.19. The van der Waals surface area contributed by atoms with Crippen molar-refractivity contribution in [2.45, 2.75) is 59.0 Å². The zero-order chi connectivity index (χ0) is 14.5. The van der Waals surface area contributed by atoms with Gasteiger partial charge in [-0.15, -0.1) is 0 Å². The second-order valence-corrected chi connectivity index (χ2v) is 6.38. The average molecular weight is 274 g/mol. The molecule has 0 aliphatic carbocycles. The summed E-state index contributed by atoms with van der Waals surface area (Å²) in [5, 5.41) is 3.73. The van der Waals surface area contributed by atoms with Crippen molar-refractivity contribution >= 4 is 5.69 Å². The molecular weight excluding hydrogens is 244 g/mol. The van der Waals surface area contributed by atoms with Crippen molar-refractivity contribution in [3.63, 3.8) is 0 Å². The van der Waals surface area contributed by atoms with Gasteiger partial charge in [0, 0.05) is 30.9 Å². The minimum absolute atomic E-state index is 0.607. The van der Waals surface area contributed by atoms with E-state index in [4.69, 9.17) is 0 Å². The lowest BCUT2D eigenvalue weighted by Crippen LogP contribution is -2.58. The van der Waals surface area contributed by atoms with Crippen LogP contribution < -0.4 is 10.2 Å². The van der Waals surface area contributed by atoms with E-state index < -0.39 is 0 Å². The molecule has 2 unspecified atom stereocenters. The van der Waals surface area contributed by atoms with Gasteiger partial charge in [0.25, 0.3) is 0 Å². The summed E-state index contributed by atoms with van der Waals surface area (Å²) in [6.07, 6.45) is 3.65. The van der Waals surface area contributed by atoms with E-state index in [9.17, 15) is 0 Å². The fourth-order valence-corrected chi connectivity index (χ4v) is 3.19. The molecule has 1 saturated heterocycles. The summed E-state index contributed by atoms with van der Waals surface area (Å²) in [7, 11) is 0. The summed E-state index contributed by atoms with van der Waals surface area (Å²) in [4.78, 5) is 2.63. The third-order valence-corrected chi connectivity index (χ3v) is 4.52. The van der Waals surface area contributed by atoms with Crippen molar-refractivity contribution in [2.75, 3.05) is 18.0 Å². The van der Waals surface area contributed by atoms with Gasteiger partial charge in [0.05, 0.1) is 0 Å². The number of benzene rings is 1. The van der Waals surface area contributed by atoms with Crippen LogP contribution in [-0.4, -0.2) is 25.2 Å². The molecule has 2 heteroatoms. The number of piperazine rings is 1. The largest absolute Gasteiger partial charge is 0.365 e. The van der Waals surface area contributed by atoms with E-state index in [0.717, 1.165) is 19.5 Å². The van der Waals surface area contributed by atoms with Crippen LogP contribution in [0.15, 0.2) is 24.3 Å². The number of nitrogens with one attached hydrogen (secondary N) is 1. The van der Waals surface area contributed by atoms with E-state index in [2.05, 4.69) is 62.2 Å². The number of rotatable bonds is 5. The number of hydrogen-bond donors (Lipinski definition) is 1. The first-order chi connectivity index (χ1) is 9.65. The molecule has 1 N–H and O–H groups in total. The molecule has 0 bridgehead atoms. The first-order valence-electron chi connectivity index (χ1n) is 8.24. The summed E-state index contributed by atoms with van der Waals surface area (Å²) in [6, 6.07) is 10.4. The molecule has 1 heterocycles. The van der Waals surface area contributed by atoms with E-state index in [1.165, 1.54) is 24.1 Å². The maximum Gasteiger partial charge on any atom is 0.0438 e. The highest BCUT2D eigenvalue weighted by atomic mass is 15.2. The summed E-state index contributed by atoms with van der Waals surface area (Å²) in [5.74, 6) is 0.677. The van der Waals surface area contributed by atoms with Crippen LogP contribution >= 0.6 is 0 Å². The molecule has 0 spiro atoms. The van der Waals surface area contributed by atoms with Gasteiger partial charge in [-0.05, 0) is 36.5 Å². The van der Waals surface area contributed by atoms with Crippen LogP contribution in [0.3, 0.4) is 0 Å². The Hall–Kier alpha value is -1.02. The highest BCUT2D eigenvalue weighted by Crippen LogP contribution is 2.25. The van der Waals surface area contributed by atoms with Crippen molar-refractivity contribution in [3.05, 3.63) is 29.8 Å². The monoisotopic (exact) mass is 274 g/mol. The standard InChI is InChI=1S/C18H30N2/c1-5-7-16-13-20(18(12-19-16)14(3)4)17-10-8-15(6-2)9-11-17/h8-11,14,16,18-19H,5-7,12-13H2,1-4H3. The minimum Gasteiger partial charge on any atom is -0.365 e. The van der Waals surface area contributed by atoms with Crippen LogP contribution in [0.25, 0.3) is 0 Å². The molecule has 1 fully saturated rings. The Balaban J connectivity index is 2.17. The Morgan fingerprint density at radius 1 is 1.20 bits per heavy atom. The van der Waals surface area contributed by atoms with Gasteiger partial charge in [0.2, 0.25) is 0 Å². The molecule has 1 aromatic rings. The maximum absolute atomic E-state index is 3.73. The van der Waals surface area contributed by atoms with Crippen LogP contribution in [0.2, 0.25) is 0 Å². The Labute approximate surface area is 124 Å². The maximum atomic E-state index is 3.73. The third kappa shape index (κ3) is 3.54. The Bertz CT molecular complexity index is 396. The molecule has 2 rings (SSSR count). The molecule has 0 radical (unpaired) electrons. The SMILES string of the molecule is CCCC1CN(c2ccc(CC)cc2)C(C(C)C)CN1. The molecular formula is C18H30N2. The summed E-state index contributed by atoms with van der Waals surface area (Å²) < 4.78 is 0. The Kier molecular flexibility index (Phi) is 5.47. The summed E-state index contributed by atoms with van der Waals surface area (Å²) in [5.41, 5.74) is 2.82. The minimum atomic E-state index is 0.607. The first kappa shape index (κ1) is 15.4. The number of hydrogen-bond acceptors (Lipinski definition) is 2. The predicted octanol–water partition coefficient (Wildman–Crippen LogP) is 3.85. The molecule has 20 heavy (non-hydrogen) atoms. The van der Waals surface area contributed by atoms with Crippen LogP contribution in [0.5, 0.6) is 0 Å². The van der Waals surface area contributed by atoms with Gasteiger partial charge in [-0.2, -0.15) is 0 Å². The van der Waals surface area contributed by atoms with Gasteiger partial charge in [0.15, 0.2) is 0 Å². The second-order valence-electron chi connectivity index (χ2n) is 6.38. The molecule has 1 aromatic carbocycles. The molecule has 0 amide bonds. The summed E-state index contributed by atoms with van der Waals surface area (Å²) in [6.45, 7) is 11.4. The van der Waals surface area contributed by atoms with E-state index >= 15 is 0 Å². The molecule has 112 valence electrons. The van der Waals surface area contributed by atoms with Gasteiger partial charge in [0.1, 0.15) is 0 Å². The van der Waals surface area contributed by atoms with Gasteiger partial charge in [-0.1, -0.05) is 46.2 Å². The van der Waals surface area contributed by atoms with Gasteiger partial charge >= 0.3 is 0 Å². The van der Waals surface area contributed by atoms with Crippen LogP contribution in [0.1, 0.15) is 46.1 Å². The van der Waals surface area contributed by atoms with Crippen LogP contribution in [0.4, 0.5) is 5.69 Å². The normalized spacial score (nSPS) is 23.4. The van der Waals surface area contributed by atoms with Crippen molar-refractivity contribution in [2.24, 2.45) is 5.92 Å². The first-order valence-corrected chi connectivity index (χ1v) is 8.24. The van der Waals surface area contributed by atoms with Crippen molar-refractivity contribution < 1.29 is 0 Å². The lowest BCUT2D eigenvalue weighted by Gasteiger charge is -2.44. The highest BCUT2D eigenvalue weighted by molar-refractivity contribution is 5.49. The van der Waals surface area contributed by atoms with Crippen LogP contribution in [-0.2, 0) is 6.42 Å². The molecule has 2 nitrogen and oxygen atoms in total. The molecule has 1 aliphatic heterocycles. The molecule has 1 aliphatic rings. The third-order valence-electron chi connectivity index (χ3n) is 4.52. The van der Waals surface area contributed by atoms with Gasteiger partial charge < -0.3 is 10.2 Å². The molecule has 0 saturated carbocycles. The van der Waals surface area contributed by atoms with Crippen LogP contribution in [0, 0.1) is 5.92 Å². The summed E-state index contributed by atoms with van der Waals surface area (Å²) >= 11 is 0. The van der Waals surface area contributed by atoms with E-state index in [-0.39, 0.29) is 0 Å². The number of nitrogens with zero attached hydrogens (tertiary/aromatic N) is 1. The highest BCUT2D eigenvalue weighted by Gasteiger charge is 2.29. The lowest BCUT2D eigenvalue weighted by molar-refractivity contribution is 0.327. The second kappa shape index (κ2) is 7.12. The zero-order valence-corrected chi connectivity index (χ0v) is 13.5. The molecule has 2 atom stereocenters. The number of anilines is 1. The van der Waals surface area contributed by atoms with Gasteiger partial charge in [-0.25, -0.2) is 0 Å². The predicted molar refractivity (Wildman–Crippen MR) is 88.5 cm³/mol. The number of aryl methyl sites for hydroxylation is 1. The van der Waals surface area contributed by atoms with E-state index in [0.29, 0.717) is 18.0 Å². The smallest absolute Gasteiger partial charge is 0.0438 e. The van der Waals surface area contributed by atoms with Crippen molar-refractivity contribution in [1.29, 1.82) is 0 Å². The van der Waals surface area contributed by atoms with Crippen molar-refractivity contribution in [3.8, 4) is 0 Å². The quantitative estimate of drug-likeness (QED) is 0.877.